The van der Waals surface area contributed by atoms with Gasteiger partial charge in [0.25, 0.3) is 0 Å². The van der Waals surface area contributed by atoms with E-state index >= 15 is 0 Å². The lowest BCUT2D eigenvalue weighted by atomic mass is 9.71. The van der Waals surface area contributed by atoms with Crippen molar-refractivity contribution in [3.63, 3.8) is 0 Å². The fourth-order valence-corrected chi connectivity index (χ4v) is 3.65. The maximum atomic E-state index is 11.6. The molecule has 6 nitrogen and oxygen atoms in total. The Morgan fingerprint density at radius 2 is 1.00 bits per heavy atom. The van der Waals surface area contributed by atoms with Gasteiger partial charge in [-0.25, -0.2) is 0 Å². The van der Waals surface area contributed by atoms with E-state index in [-0.39, 0.29) is 36.5 Å². The molecule has 1 saturated carbocycles. The van der Waals surface area contributed by atoms with Crippen LogP contribution in [0.1, 0.15) is 38.5 Å². The minimum Gasteiger partial charge on any atom is -0.393 e. The van der Waals surface area contributed by atoms with E-state index in [0.717, 1.165) is 25.7 Å². The number of esters is 4. The third kappa shape index (κ3) is 2.34. The lowest BCUT2D eigenvalue weighted by Crippen LogP contribution is -2.29. The quantitative estimate of drug-likeness (QED) is 0.553. The highest BCUT2D eigenvalue weighted by Gasteiger charge is 2.44. The molecule has 3 aliphatic rings. The second-order valence-electron chi connectivity index (χ2n) is 5.88. The number of cyclic esters (lactones) is 4. The molecule has 2 saturated heterocycles. The first-order valence-electron chi connectivity index (χ1n) is 7.03. The fraction of sp³-hybridized carbons (Fsp3) is 0.714. The van der Waals surface area contributed by atoms with Gasteiger partial charge in [0.2, 0.25) is 0 Å². The van der Waals surface area contributed by atoms with E-state index in [1.807, 2.05) is 0 Å². The number of carbonyl (C=O) groups is 4. The lowest BCUT2D eigenvalue weighted by molar-refractivity contribution is -0.156. The van der Waals surface area contributed by atoms with Crippen molar-refractivity contribution < 1.29 is 28.7 Å². The average Bonchev–Trinajstić information content (AvgIpc) is 2.92. The smallest absolute Gasteiger partial charge is 0.317 e. The van der Waals surface area contributed by atoms with Crippen LogP contribution in [0.5, 0.6) is 0 Å². The molecule has 0 amide bonds. The summed E-state index contributed by atoms with van der Waals surface area (Å²) in [7, 11) is 0. The molecule has 0 radical (unpaired) electrons. The number of hydrogen-bond acceptors (Lipinski definition) is 6. The Balaban J connectivity index is 1.57. The van der Waals surface area contributed by atoms with Gasteiger partial charge in [0, 0.05) is 0 Å². The molecule has 20 heavy (non-hydrogen) atoms. The number of carbonyl (C=O) groups excluding carboxylic acids is 4. The molecule has 0 aromatic carbocycles. The topological polar surface area (TPSA) is 86.7 Å². The molecule has 1 aliphatic carbocycles. The Hall–Kier alpha value is -1.72. The Bertz CT molecular complexity index is 430. The van der Waals surface area contributed by atoms with E-state index in [1.54, 1.807) is 0 Å². The number of ether oxygens (including phenoxy) is 2. The van der Waals surface area contributed by atoms with Gasteiger partial charge in [-0.3, -0.25) is 19.2 Å². The maximum absolute atomic E-state index is 11.6. The van der Waals surface area contributed by atoms with E-state index in [2.05, 4.69) is 9.47 Å². The van der Waals surface area contributed by atoms with Gasteiger partial charge < -0.3 is 9.47 Å². The highest BCUT2D eigenvalue weighted by Crippen LogP contribution is 2.42. The minimum absolute atomic E-state index is 0.151. The van der Waals surface area contributed by atoms with Crippen molar-refractivity contribution in [2.45, 2.75) is 38.5 Å². The van der Waals surface area contributed by atoms with E-state index < -0.39 is 23.9 Å². The van der Waals surface area contributed by atoms with Gasteiger partial charge in [0.1, 0.15) is 0 Å². The van der Waals surface area contributed by atoms with Crippen LogP contribution in [0, 0.1) is 23.7 Å². The van der Waals surface area contributed by atoms with Crippen LogP contribution in [0.4, 0.5) is 0 Å². The van der Waals surface area contributed by atoms with Gasteiger partial charge in [-0.05, 0) is 37.5 Å². The molecular formula is C14H16O6. The highest BCUT2D eigenvalue weighted by atomic mass is 16.6. The molecule has 3 fully saturated rings. The van der Waals surface area contributed by atoms with Crippen LogP contribution < -0.4 is 0 Å². The van der Waals surface area contributed by atoms with Gasteiger partial charge in [0.05, 0.1) is 24.7 Å². The summed E-state index contributed by atoms with van der Waals surface area (Å²) in [5.41, 5.74) is 0. The molecule has 2 atom stereocenters. The Morgan fingerprint density at radius 1 is 0.650 bits per heavy atom. The third-order valence-electron chi connectivity index (χ3n) is 4.76. The monoisotopic (exact) mass is 280 g/mol. The number of rotatable bonds is 2. The van der Waals surface area contributed by atoms with Crippen LogP contribution in [0.25, 0.3) is 0 Å². The standard InChI is InChI=1S/C14H16O6/c15-11-5-9(13(17)19-11)7-1-2-8(4-3-7)10-6-12(16)20-14(10)18/h7-10H,1-6H2. The molecule has 0 N–H and O–H groups in total. The minimum atomic E-state index is -0.438. The van der Waals surface area contributed by atoms with Crippen molar-refractivity contribution in [3.8, 4) is 0 Å². The zero-order valence-electron chi connectivity index (χ0n) is 11.0. The molecule has 0 spiro atoms. The predicted molar refractivity (Wildman–Crippen MR) is 63.9 cm³/mol. The zero-order valence-corrected chi connectivity index (χ0v) is 11.0. The second kappa shape index (κ2) is 5.00. The summed E-state index contributed by atoms with van der Waals surface area (Å²) in [5, 5.41) is 0. The first-order valence-corrected chi connectivity index (χ1v) is 7.03. The predicted octanol–water partition coefficient (Wildman–Crippen LogP) is 0.972. The first kappa shape index (κ1) is 13.3. The molecule has 2 heterocycles. The Kier molecular flexibility index (Phi) is 3.31. The highest BCUT2D eigenvalue weighted by molar-refractivity contribution is 5.95. The number of hydrogen-bond donors (Lipinski definition) is 0. The van der Waals surface area contributed by atoms with E-state index in [4.69, 9.17) is 0 Å². The van der Waals surface area contributed by atoms with Crippen LogP contribution in [-0.2, 0) is 28.7 Å². The normalized spacial score (nSPS) is 38.0. The van der Waals surface area contributed by atoms with Gasteiger partial charge >= 0.3 is 23.9 Å². The molecule has 6 heteroatoms. The van der Waals surface area contributed by atoms with E-state index in [1.165, 1.54) is 0 Å². The van der Waals surface area contributed by atoms with Crippen molar-refractivity contribution in [2.75, 3.05) is 0 Å². The molecule has 3 rings (SSSR count). The first-order chi connectivity index (χ1) is 9.54. The SMILES string of the molecule is O=C1CC(C2CCC(C3CC(=O)OC3=O)CC2)C(=O)O1. The molecule has 2 unspecified atom stereocenters. The van der Waals surface area contributed by atoms with Crippen LogP contribution >= 0.6 is 0 Å². The van der Waals surface area contributed by atoms with Gasteiger partial charge in [-0.1, -0.05) is 0 Å². The summed E-state index contributed by atoms with van der Waals surface area (Å²) < 4.78 is 9.18. The average molecular weight is 280 g/mol. The van der Waals surface area contributed by atoms with Crippen molar-refractivity contribution in [1.29, 1.82) is 0 Å². The van der Waals surface area contributed by atoms with Crippen LogP contribution in [0.3, 0.4) is 0 Å². The maximum Gasteiger partial charge on any atom is 0.317 e. The summed E-state index contributed by atoms with van der Waals surface area (Å²) in [6, 6.07) is 0. The van der Waals surface area contributed by atoms with Crippen LogP contribution in [-0.4, -0.2) is 23.9 Å². The molecule has 108 valence electrons. The second-order valence-corrected chi connectivity index (χ2v) is 5.88. The lowest BCUT2D eigenvalue weighted by Gasteiger charge is -2.31. The van der Waals surface area contributed by atoms with E-state index in [9.17, 15) is 19.2 Å². The van der Waals surface area contributed by atoms with E-state index in [0.29, 0.717) is 0 Å². The van der Waals surface area contributed by atoms with Crippen molar-refractivity contribution in [1.82, 2.24) is 0 Å². The summed E-state index contributed by atoms with van der Waals surface area (Å²) in [5.74, 6) is -2.03. The third-order valence-corrected chi connectivity index (χ3v) is 4.76. The van der Waals surface area contributed by atoms with Crippen molar-refractivity contribution in [2.24, 2.45) is 23.7 Å². The molecule has 0 aromatic heterocycles. The molecule has 2 aliphatic heterocycles. The summed E-state index contributed by atoms with van der Waals surface area (Å²) >= 11 is 0. The van der Waals surface area contributed by atoms with Crippen LogP contribution in [0.15, 0.2) is 0 Å². The largest absolute Gasteiger partial charge is 0.393 e. The molecule has 0 aromatic rings. The van der Waals surface area contributed by atoms with Crippen LogP contribution in [0.2, 0.25) is 0 Å². The molecular weight excluding hydrogens is 264 g/mol. The zero-order chi connectivity index (χ0) is 14.3. The van der Waals surface area contributed by atoms with Gasteiger partial charge in [-0.15, -0.1) is 0 Å². The Labute approximate surface area is 115 Å². The summed E-state index contributed by atoms with van der Waals surface area (Å²) in [6.07, 6.45) is 3.51. The summed E-state index contributed by atoms with van der Waals surface area (Å²) in [4.78, 5) is 45.3. The van der Waals surface area contributed by atoms with Gasteiger partial charge in [0.15, 0.2) is 0 Å². The Morgan fingerprint density at radius 3 is 1.25 bits per heavy atom. The van der Waals surface area contributed by atoms with Crippen molar-refractivity contribution >= 4 is 23.9 Å². The van der Waals surface area contributed by atoms with Crippen molar-refractivity contribution in [3.05, 3.63) is 0 Å². The molecule has 0 bridgehead atoms. The summed E-state index contributed by atoms with van der Waals surface area (Å²) in [6.45, 7) is 0. The fourth-order valence-electron chi connectivity index (χ4n) is 3.65. The van der Waals surface area contributed by atoms with Gasteiger partial charge in [-0.2, -0.15) is 0 Å².